The normalized spacial score (nSPS) is 25.5. The third-order valence-electron chi connectivity index (χ3n) is 11.0. The molecule has 60 heavy (non-hydrogen) atoms. The van der Waals surface area contributed by atoms with E-state index in [2.05, 4.69) is 6.92 Å². The van der Waals surface area contributed by atoms with Crippen molar-refractivity contribution in [2.24, 2.45) is 5.92 Å². The number of rotatable bonds is 17. The van der Waals surface area contributed by atoms with E-state index in [9.17, 15) is 29.1 Å². The van der Waals surface area contributed by atoms with Gasteiger partial charge in [0.15, 0.2) is 12.2 Å². The third kappa shape index (κ3) is 8.54. The lowest BCUT2D eigenvalue weighted by atomic mass is 9.70. The number of carbonyl (C=O) groups is 5. The van der Waals surface area contributed by atoms with Gasteiger partial charge in [0.1, 0.15) is 0 Å². The molecule has 14 nitrogen and oxygen atoms in total. The first-order chi connectivity index (χ1) is 28.9. The van der Waals surface area contributed by atoms with Crippen LogP contribution in [-0.4, -0.2) is 97.7 Å². The van der Waals surface area contributed by atoms with Crippen LogP contribution in [0.4, 0.5) is 0 Å². The van der Waals surface area contributed by atoms with Crippen LogP contribution in [0.3, 0.4) is 0 Å². The SMILES string of the molecule is COC(=O)[C@H]1OC(=O)[C@@]2(O)[C@H](OC(=O)c3ccccc3)[C@@H](OC(=O)c3ccccc3)C(CCC[C@@H](OCc3ccccc3)[C@H](C)Cc3ccccc3)(OC)O[C@@]12C(=O)OC. The van der Waals surface area contributed by atoms with Gasteiger partial charge in [-0.2, -0.15) is 0 Å². The summed E-state index contributed by atoms with van der Waals surface area (Å²) in [6, 6.07) is 34.9. The van der Waals surface area contributed by atoms with Crippen molar-refractivity contribution in [1.82, 2.24) is 0 Å². The van der Waals surface area contributed by atoms with Crippen LogP contribution in [0.5, 0.6) is 0 Å². The molecule has 0 saturated carbocycles. The molecular formula is C46H48O14. The van der Waals surface area contributed by atoms with Crippen LogP contribution in [-0.2, 0) is 65.3 Å². The van der Waals surface area contributed by atoms with Crippen LogP contribution in [0.1, 0.15) is 58.0 Å². The first-order valence-electron chi connectivity index (χ1n) is 19.5. The maximum atomic E-state index is 14.2. The number of cyclic esters (lactones) is 1. The van der Waals surface area contributed by atoms with Gasteiger partial charge in [0.2, 0.25) is 17.5 Å². The van der Waals surface area contributed by atoms with E-state index in [0.29, 0.717) is 19.4 Å². The van der Waals surface area contributed by atoms with E-state index in [-0.39, 0.29) is 36.0 Å². The van der Waals surface area contributed by atoms with Crippen molar-refractivity contribution < 1.29 is 67.0 Å². The predicted molar refractivity (Wildman–Crippen MR) is 212 cm³/mol. The molecule has 2 heterocycles. The summed E-state index contributed by atoms with van der Waals surface area (Å²) in [7, 11) is 3.08. The second kappa shape index (κ2) is 19.0. The molecule has 0 spiro atoms. The highest BCUT2D eigenvalue weighted by Crippen LogP contribution is 2.54. The van der Waals surface area contributed by atoms with Gasteiger partial charge < -0.3 is 43.0 Å². The molecule has 0 aromatic heterocycles. The number of ether oxygens (including phenoxy) is 8. The van der Waals surface area contributed by atoms with Gasteiger partial charge in [-0.05, 0) is 60.6 Å². The molecule has 0 bridgehead atoms. The average molecular weight is 825 g/mol. The molecule has 2 fully saturated rings. The molecule has 14 heteroatoms. The Labute approximate surface area is 347 Å². The molecule has 1 unspecified atom stereocenters. The van der Waals surface area contributed by atoms with Crippen LogP contribution >= 0.6 is 0 Å². The molecule has 2 saturated heterocycles. The highest BCUT2D eigenvalue weighted by molar-refractivity contribution is 6.04. The second-order valence-corrected chi connectivity index (χ2v) is 14.7. The van der Waals surface area contributed by atoms with Crippen molar-refractivity contribution >= 4 is 29.8 Å². The Kier molecular flexibility index (Phi) is 13.8. The van der Waals surface area contributed by atoms with Gasteiger partial charge in [-0.15, -0.1) is 0 Å². The van der Waals surface area contributed by atoms with Gasteiger partial charge in [-0.25, -0.2) is 24.0 Å². The Morgan fingerprint density at radius 1 is 0.717 bits per heavy atom. The van der Waals surface area contributed by atoms with Crippen molar-refractivity contribution in [2.45, 2.75) is 80.6 Å². The lowest BCUT2D eigenvalue weighted by molar-refractivity contribution is -0.391. The number of methoxy groups -OCH3 is 3. The van der Waals surface area contributed by atoms with Crippen LogP contribution in [0.2, 0.25) is 0 Å². The quantitative estimate of drug-likeness (QED) is 0.109. The minimum absolute atomic E-state index is 0.0332. The summed E-state index contributed by atoms with van der Waals surface area (Å²) in [6.45, 7) is 2.36. The van der Waals surface area contributed by atoms with E-state index in [1.165, 1.54) is 31.4 Å². The van der Waals surface area contributed by atoms with Crippen LogP contribution in [0.25, 0.3) is 0 Å². The van der Waals surface area contributed by atoms with E-state index in [0.717, 1.165) is 25.3 Å². The van der Waals surface area contributed by atoms with Gasteiger partial charge in [0, 0.05) is 13.5 Å². The van der Waals surface area contributed by atoms with Crippen molar-refractivity contribution in [2.75, 3.05) is 21.3 Å². The Balaban J connectivity index is 1.45. The summed E-state index contributed by atoms with van der Waals surface area (Å²) < 4.78 is 46.7. The molecule has 4 aromatic rings. The zero-order valence-corrected chi connectivity index (χ0v) is 33.7. The maximum absolute atomic E-state index is 14.2. The molecule has 2 aliphatic rings. The van der Waals surface area contributed by atoms with Gasteiger partial charge >= 0.3 is 29.8 Å². The third-order valence-corrected chi connectivity index (χ3v) is 11.0. The Hall–Kier alpha value is -5.93. The standard InChI is InChI=1S/C46H48O14/c1-30(28-31-18-9-5-10-19-31)35(56-29-32-20-11-6-12-21-32)26-17-27-44(55-4)36(57-39(47)33-22-13-7-14-23-33)37(58-40(48)34-24-15-8-16-25-34)45(52)42(50)59-38(41(49)53-2)46(45,60-44)43(51)54-3/h5-16,18-25,30,35-38,52H,17,26-29H2,1-4H3/t30-,35-,36-,37-,38-,44?,45+,46-/m1/s1. The largest absolute Gasteiger partial charge is 0.467 e. The first-order valence-corrected chi connectivity index (χ1v) is 19.5. The van der Waals surface area contributed by atoms with Crippen LogP contribution in [0.15, 0.2) is 121 Å². The fourth-order valence-electron chi connectivity index (χ4n) is 7.89. The summed E-state index contributed by atoms with van der Waals surface area (Å²) in [6.07, 6.45) is -6.10. The molecule has 0 radical (unpaired) electrons. The molecule has 0 amide bonds. The maximum Gasteiger partial charge on any atom is 0.351 e. The van der Waals surface area contributed by atoms with E-state index >= 15 is 0 Å². The van der Waals surface area contributed by atoms with Gasteiger partial charge in [-0.1, -0.05) is 104 Å². The zero-order valence-electron chi connectivity index (χ0n) is 33.7. The van der Waals surface area contributed by atoms with Crippen molar-refractivity contribution in [3.8, 4) is 0 Å². The van der Waals surface area contributed by atoms with Crippen molar-refractivity contribution in [3.63, 3.8) is 0 Å². The van der Waals surface area contributed by atoms with E-state index in [1.54, 1.807) is 36.4 Å². The Morgan fingerprint density at radius 3 is 1.75 bits per heavy atom. The molecule has 2 aliphatic heterocycles. The van der Waals surface area contributed by atoms with E-state index in [1.807, 2.05) is 60.7 Å². The number of benzene rings is 4. The first kappa shape index (κ1) is 43.6. The van der Waals surface area contributed by atoms with Gasteiger partial charge in [0.25, 0.3) is 5.60 Å². The van der Waals surface area contributed by atoms with Crippen molar-refractivity contribution in [1.29, 1.82) is 0 Å². The molecule has 0 aliphatic carbocycles. The fraction of sp³-hybridized carbons (Fsp3) is 0.370. The molecule has 1 N–H and O–H groups in total. The average Bonchev–Trinajstić information content (AvgIpc) is 3.52. The summed E-state index contributed by atoms with van der Waals surface area (Å²) in [5, 5.41) is 12.7. The molecule has 8 atom stereocenters. The topological polar surface area (TPSA) is 179 Å². The minimum atomic E-state index is -3.39. The summed E-state index contributed by atoms with van der Waals surface area (Å²) >= 11 is 0. The van der Waals surface area contributed by atoms with Crippen molar-refractivity contribution in [3.05, 3.63) is 144 Å². The van der Waals surface area contributed by atoms with Gasteiger partial charge in [0.05, 0.1) is 38.1 Å². The number of fused-ring (bicyclic) bond motifs is 1. The number of hydrogen-bond donors (Lipinski definition) is 1. The van der Waals surface area contributed by atoms with Crippen LogP contribution < -0.4 is 0 Å². The Morgan fingerprint density at radius 2 is 1.23 bits per heavy atom. The summed E-state index contributed by atoms with van der Waals surface area (Å²) in [5.74, 6) is -8.89. The van der Waals surface area contributed by atoms with Gasteiger partial charge in [-0.3, -0.25) is 0 Å². The highest BCUT2D eigenvalue weighted by Gasteiger charge is 2.87. The minimum Gasteiger partial charge on any atom is -0.467 e. The smallest absolute Gasteiger partial charge is 0.351 e. The predicted octanol–water partition coefficient (Wildman–Crippen LogP) is 5.19. The monoisotopic (exact) mass is 824 g/mol. The van der Waals surface area contributed by atoms with E-state index in [4.69, 9.17) is 37.9 Å². The Bertz CT molecular complexity index is 2100. The summed E-state index contributed by atoms with van der Waals surface area (Å²) in [5.41, 5.74) is -4.47. The number of esters is 5. The molecular weight excluding hydrogens is 776 g/mol. The second-order valence-electron chi connectivity index (χ2n) is 14.7. The van der Waals surface area contributed by atoms with E-state index < -0.39 is 65.1 Å². The molecule has 6 rings (SSSR count). The fourth-order valence-corrected chi connectivity index (χ4v) is 7.89. The highest BCUT2D eigenvalue weighted by atomic mass is 16.8. The number of carbonyl (C=O) groups excluding carboxylic acids is 5. The lowest BCUT2D eigenvalue weighted by Crippen LogP contribution is -2.82. The number of hydrogen-bond acceptors (Lipinski definition) is 14. The zero-order chi connectivity index (χ0) is 42.9. The van der Waals surface area contributed by atoms with Crippen LogP contribution in [0, 0.1) is 5.92 Å². The summed E-state index contributed by atoms with van der Waals surface area (Å²) in [4.78, 5) is 69.7. The molecule has 316 valence electrons. The molecule has 4 aromatic carbocycles. The lowest BCUT2D eigenvalue weighted by Gasteiger charge is -2.55. The number of aliphatic hydroxyl groups is 1.